The molecule has 2 heterocycles. The zero-order valence-electron chi connectivity index (χ0n) is 16.6. The molecule has 4 rings (SSSR count). The zero-order valence-corrected chi connectivity index (χ0v) is 17.4. The largest absolute Gasteiger partial charge is 0.436 e. The number of hydrogen-bond acceptors (Lipinski definition) is 7. The molecule has 0 bridgehead atoms. The molecule has 0 spiro atoms. The normalized spacial score (nSPS) is 11.3. The van der Waals surface area contributed by atoms with Crippen molar-refractivity contribution in [1.29, 1.82) is 5.26 Å². The van der Waals surface area contributed by atoms with Crippen LogP contribution >= 0.6 is 0 Å². The van der Waals surface area contributed by atoms with Gasteiger partial charge in [-0.25, -0.2) is 18.4 Å². The molecule has 8 nitrogen and oxygen atoms in total. The van der Waals surface area contributed by atoms with Gasteiger partial charge in [0.1, 0.15) is 11.6 Å². The third-order valence-electron chi connectivity index (χ3n) is 4.52. The van der Waals surface area contributed by atoms with Crippen molar-refractivity contribution in [3.05, 3.63) is 71.4 Å². The van der Waals surface area contributed by atoms with Gasteiger partial charge in [0.05, 0.1) is 11.1 Å². The van der Waals surface area contributed by atoms with E-state index in [0.717, 1.165) is 23.6 Å². The van der Waals surface area contributed by atoms with E-state index in [4.69, 9.17) is 9.68 Å². The first-order chi connectivity index (χ1) is 14.7. The number of aromatic nitrogens is 2. The Bertz CT molecular complexity index is 1470. The molecular weight excluding hydrogens is 416 g/mol. The van der Waals surface area contributed by atoms with Crippen molar-refractivity contribution in [1.82, 2.24) is 9.97 Å². The number of rotatable bonds is 4. The average molecular weight is 432 g/mol. The summed E-state index contributed by atoms with van der Waals surface area (Å²) in [7, 11) is -3.77. The summed E-state index contributed by atoms with van der Waals surface area (Å²) in [6.07, 6.45) is 2.06. The van der Waals surface area contributed by atoms with E-state index in [1.165, 1.54) is 6.07 Å². The number of sulfone groups is 1. The average Bonchev–Trinajstić information content (AvgIpc) is 3.16. The van der Waals surface area contributed by atoms with Crippen molar-refractivity contribution in [2.24, 2.45) is 0 Å². The maximum Gasteiger partial charge on any atom is 0.258 e. The van der Waals surface area contributed by atoms with Crippen molar-refractivity contribution in [3.8, 4) is 17.5 Å². The van der Waals surface area contributed by atoms with Crippen molar-refractivity contribution >= 4 is 32.5 Å². The highest BCUT2D eigenvalue weighted by atomic mass is 32.2. The number of hydrogen-bond donors (Lipinski definition) is 1. The number of nitrogens with one attached hydrogen (secondary N) is 1. The lowest BCUT2D eigenvalue weighted by Gasteiger charge is -2.08. The standard InChI is InChI=1S/C22H16N4O4S/c1-13-3-5-15(6-4-13)21-26-18-10-16(7-8-19(18)30-21)25-20(27)17-9-14(11-23)12-24-22(17)31(2,28)29/h3-10,12H,1-2H3,(H,25,27). The maximum absolute atomic E-state index is 12.8. The lowest BCUT2D eigenvalue weighted by atomic mass is 10.1. The number of nitriles is 1. The van der Waals surface area contributed by atoms with Crippen LogP contribution in [-0.4, -0.2) is 30.5 Å². The highest BCUT2D eigenvalue weighted by Gasteiger charge is 2.22. The highest BCUT2D eigenvalue weighted by molar-refractivity contribution is 7.90. The molecule has 2 aromatic heterocycles. The molecule has 9 heteroatoms. The monoisotopic (exact) mass is 432 g/mol. The topological polar surface area (TPSA) is 126 Å². The molecule has 0 saturated heterocycles. The molecule has 2 aromatic carbocycles. The fourth-order valence-electron chi connectivity index (χ4n) is 2.99. The number of oxazole rings is 1. The summed E-state index contributed by atoms with van der Waals surface area (Å²) in [5, 5.41) is 11.3. The lowest BCUT2D eigenvalue weighted by molar-refractivity contribution is 0.102. The molecular formula is C22H16N4O4S. The van der Waals surface area contributed by atoms with E-state index in [0.29, 0.717) is 22.7 Å². The number of carbonyl (C=O) groups excluding carboxylic acids is 1. The summed E-state index contributed by atoms with van der Waals surface area (Å²) in [5.74, 6) is -0.254. The van der Waals surface area contributed by atoms with E-state index in [1.807, 2.05) is 37.3 Å². The van der Waals surface area contributed by atoms with Gasteiger partial charge < -0.3 is 9.73 Å². The van der Waals surface area contributed by atoms with Gasteiger partial charge >= 0.3 is 0 Å². The Kier molecular flexibility index (Phi) is 5.01. The van der Waals surface area contributed by atoms with Crippen LogP contribution in [0.25, 0.3) is 22.6 Å². The molecule has 1 N–H and O–H groups in total. The Hall–Kier alpha value is -4.03. The summed E-state index contributed by atoms with van der Waals surface area (Å²) in [6, 6.07) is 15.7. The molecule has 0 unspecified atom stereocenters. The molecule has 0 radical (unpaired) electrons. The molecule has 0 aliphatic heterocycles. The van der Waals surface area contributed by atoms with Gasteiger partial charge in [0, 0.05) is 23.7 Å². The van der Waals surface area contributed by atoms with Gasteiger partial charge in [-0.2, -0.15) is 5.26 Å². The third kappa shape index (κ3) is 4.15. The number of carbonyl (C=O) groups is 1. The van der Waals surface area contributed by atoms with Crippen LogP contribution < -0.4 is 5.32 Å². The van der Waals surface area contributed by atoms with Gasteiger partial charge in [-0.1, -0.05) is 17.7 Å². The fraction of sp³-hybridized carbons (Fsp3) is 0.0909. The predicted molar refractivity (Wildman–Crippen MR) is 114 cm³/mol. The summed E-state index contributed by atoms with van der Waals surface area (Å²) >= 11 is 0. The Labute approximate surface area is 178 Å². The first-order valence-corrected chi connectivity index (χ1v) is 11.0. The number of pyridine rings is 1. The van der Waals surface area contributed by atoms with Crippen LogP contribution in [0.2, 0.25) is 0 Å². The minimum absolute atomic E-state index is 0.0762. The summed E-state index contributed by atoms with van der Waals surface area (Å²) in [4.78, 5) is 21.0. The van der Waals surface area contributed by atoms with Crippen LogP contribution in [0.3, 0.4) is 0 Å². The molecule has 4 aromatic rings. The first kappa shape index (κ1) is 20.3. The summed E-state index contributed by atoms with van der Waals surface area (Å²) in [5.41, 5.74) is 3.27. The van der Waals surface area contributed by atoms with Crippen LogP contribution in [0.4, 0.5) is 5.69 Å². The Morgan fingerprint density at radius 2 is 1.87 bits per heavy atom. The molecule has 0 aliphatic rings. The lowest BCUT2D eigenvalue weighted by Crippen LogP contribution is -2.17. The molecule has 0 fully saturated rings. The minimum atomic E-state index is -3.77. The van der Waals surface area contributed by atoms with Gasteiger partial charge in [-0.3, -0.25) is 4.79 Å². The Balaban J connectivity index is 1.67. The third-order valence-corrected chi connectivity index (χ3v) is 5.55. The quantitative estimate of drug-likeness (QED) is 0.521. The van der Waals surface area contributed by atoms with E-state index >= 15 is 0 Å². The highest BCUT2D eigenvalue weighted by Crippen LogP contribution is 2.27. The van der Waals surface area contributed by atoms with Crippen LogP contribution in [0.15, 0.2) is 64.2 Å². The van der Waals surface area contributed by atoms with Gasteiger partial charge in [0.25, 0.3) is 5.91 Å². The van der Waals surface area contributed by atoms with E-state index in [1.54, 1.807) is 18.2 Å². The SMILES string of the molecule is Cc1ccc(-c2nc3cc(NC(=O)c4cc(C#N)cnc4S(C)(=O)=O)ccc3o2)cc1. The number of anilines is 1. The van der Waals surface area contributed by atoms with Crippen LogP contribution in [0.1, 0.15) is 21.5 Å². The number of benzene rings is 2. The number of amides is 1. The van der Waals surface area contributed by atoms with Crippen molar-refractivity contribution in [2.75, 3.05) is 11.6 Å². The second-order valence-electron chi connectivity index (χ2n) is 6.98. The van der Waals surface area contributed by atoms with Crippen molar-refractivity contribution < 1.29 is 17.6 Å². The van der Waals surface area contributed by atoms with Gasteiger partial charge in [-0.05, 0) is 43.3 Å². The second kappa shape index (κ2) is 7.66. The van der Waals surface area contributed by atoms with Crippen LogP contribution in [0.5, 0.6) is 0 Å². The van der Waals surface area contributed by atoms with Crippen molar-refractivity contribution in [3.63, 3.8) is 0 Å². The summed E-state index contributed by atoms with van der Waals surface area (Å²) < 4.78 is 29.8. The van der Waals surface area contributed by atoms with Gasteiger partial charge in [-0.15, -0.1) is 0 Å². The Morgan fingerprint density at radius 3 is 2.55 bits per heavy atom. The van der Waals surface area contributed by atoms with E-state index in [2.05, 4.69) is 15.3 Å². The summed E-state index contributed by atoms with van der Waals surface area (Å²) in [6.45, 7) is 1.99. The minimum Gasteiger partial charge on any atom is -0.436 e. The zero-order chi connectivity index (χ0) is 22.2. The number of aryl methyl sites for hydroxylation is 1. The predicted octanol–water partition coefficient (Wildman–Crippen LogP) is 3.73. The molecule has 0 atom stereocenters. The van der Waals surface area contributed by atoms with E-state index < -0.39 is 20.8 Å². The van der Waals surface area contributed by atoms with Gasteiger partial charge in [0.2, 0.25) is 5.89 Å². The number of nitrogens with zero attached hydrogens (tertiary/aromatic N) is 3. The molecule has 0 aliphatic carbocycles. The van der Waals surface area contributed by atoms with Gasteiger partial charge in [0.15, 0.2) is 20.4 Å². The molecule has 1 amide bonds. The number of fused-ring (bicyclic) bond motifs is 1. The molecule has 0 saturated carbocycles. The van der Waals surface area contributed by atoms with Crippen molar-refractivity contribution in [2.45, 2.75) is 11.9 Å². The van der Waals surface area contributed by atoms with E-state index in [9.17, 15) is 13.2 Å². The fourth-order valence-corrected chi connectivity index (χ4v) is 3.79. The Morgan fingerprint density at radius 1 is 1.13 bits per heavy atom. The molecule has 154 valence electrons. The van der Waals surface area contributed by atoms with Crippen LogP contribution in [0, 0.1) is 18.3 Å². The van der Waals surface area contributed by atoms with E-state index in [-0.39, 0.29) is 11.1 Å². The molecule has 31 heavy (non-hydrogen) atoms. The first-order valence-electron chi connectivity index (χ1n) is 9.14. The maximum atomic E-state index is 12.8. The van der Waals surface area contributed by atoms with Crippen LogP contribution in [-0.2, 0) is 9.84 Å². The smallest absolute Gasteiger partial charge is 0.258 e. The second-order valence-corrected chi connectivity index (χ2v) is 8.91.